The third-order valence-corrected chi connectivity index (χ3v) is 8.60. The van der Waals surface area contributed by atoms with Crippen LogP contribution < -0.4 is 0 Å². The first kappa shape index (κ1) is 29.0. The van der Waals surface area contributed by atoms with Crippen LogP contribution in [0.1, 0.15) is 27.8 Å². The van der Waals surface area contributed by atoms with Gasteiger partial charge in [0.05, 0.1) is 33.8 Å². The van der Waals surface area contributed by atoms with Gasteiger partial charge in [-0.3, -0.25) is 4.98 Å². The lowest BCUT2D eigenvalue weighted by atomic mass is 10.0. The largest absolute Gasteiger partial charge is 0.336 e. The van der Waals surface area contributed by atoms with Gasteiger partial charge in [-0.1, -0.05) is 133 Å². The summed E-state index contributed by atoms with van der Waals surface area (Å²) in [5.74, 6) is 0. The van der Waals surface area contributed by atoms with Crippen LogP contribution in [0.2, 0.25) is 0 Å². The van der Waals surface area contributed by atoms with E-state index in [4.69, 9.17) is 9.98 Å². The fraction of sp³-hybridized carbons (Fsp3) is 0.0227. The molecular formula is C44H32N4. The Morgan fingerprint density at radius 3 is 1.19 bits per heavy atom. The summed E-state index contributed by atoms with van der Waals surface area (Å²) in [6.45, 7) is 0.692. The molecule has 0 saturated heterocycles. The van der Waals surface area contributed by atoms with Crippen molar-refractivity contribution < 1.29 is 0 Å². The van der Waals surface area contributed by atoms with Crippen LogP contribution in [0.4, 0.5) is 11.4 Å². The number of pyridine rings is 1. The maximum absolute atomic E-state index is 5.26. The maximum Gasteiger partial charge on any atom is 0.0781 e. The Balaban J connectivity index is 1.31. The number of aromatic nitrogens is 2. The van der Waals surface area contributed by atoms with Gasteiger partial charge >= 0.3 is 0 Å². The SMILES string of the molecule is c1ccc(C(=Nc2ccc3c4ccc(N=C(c5ccccc5)c5ccccc5)cc4n(Cc4ccncc4)c3c2)c2ccccc2)cc1. The van der Waals surface area contributed by atoms with Crippen LogP contribution in [0.3, 0.4) is 0 Å². The summed E-state index contributed by atoms with van der Waals surface area (Å²) in [7, 11) is 0. The monoisotopic (exact) mass is 616 g/mol. The van der Waals surface area contributed by atoms with Crippen LogP contribution >= 0.6 is 0 Å². The average Bonchev–Trinajstić information content (AvgIpc) is 3.46. The topological polar surface area (TPSA) is 42.5 Å². The van der Waals surface area contributed by atoms with Crippen molar-refractivity contribution in [2.75, 3.05) is 0 Å². The summed E-state index contributed by atoms with van der Waals surface area (Å²) >= 11 is 0. The zero-order valence-electron chi connectivity index (χ0n) is 26.3. The molecule has 0 aliphatic carbocycles. The molecule has 8 aromatic rings. The van der Waals surface area contributed by atoms with Crippen molar-refractivity contribution in [3.63, 3.8) is 0 Å². The second-order valence-corrected chi connectivity index (χ2v) is 11.7. The zero-order valence-corrected chi connectivity index (χ0v) is 26.3. The lowest BCUT2D eigenvalue weighted by molar-refractivity contribution is 0.866. The molecular weight excluding hydrogens is 585 g/mol. The molecule has 4 nitrogen and oxygen atoms in total. The van der Waals surface area contributed by atoms with Gasteiger partial charge in [0.25, 0.3) is 0 Å². The fourth-order valence-electron chi connectivity index (χ4n) is 6.29. The van der Waals surface area contributed by atoms with E-state index in [1.165, 1.54) is 16.3 Å². The maximum atomic E-state index is 5.26. The van der Waals surface area contributed by atoms with E-state index in [0.717, 1.165) is 56.1 Å². The van der Waals surface area contributed by atoms with E-state index in [1.807, 2.05) is 36.7 Å². The first-order chi connectivity index (χ1) is 23.8. The molecule has 0 bridgehead atoms. The lowest BCUT2D eigenvalue weighted by Gasteiger charge is -2.10. The number of hydrogen-bond acceptors (Lipinski definition) is 3. The Morgan fingerprint density at radius 2 is 0.812 bits per heavy atom. The number of aliphatic imine (C=N–C) groups is 2. The summed E-state index contributed by atoms with van der Waals surface area (Å²) in [4.78, 5) is 14.8. The summed E-state index contributed by atoms with van der Waals surface area (Å²) in [6, 6.07) is 58.8. The van der Waals surface area contributed by atoms with E-state index in [1.54, 1.807) is 0 Å². The Kier molecular flexibility index (Phi) is 7.96. The molecule has 0 amide bonds. The highest BCUT2D eigenvalue weighted by molar-refractivity contribution is 6.16. The predicted octanol–water partition coefficient (Wildman–Crippen LogP) is 10.6. The molecule has 48 heavy (non-hydrogen) atoms. The van der Waals surface area contributed by atoms with E-state index in [9.17, 15) is 0 Å². The van der Waals surface area contributed by atoms with Crippen LogP contribution in [0.25, 0.3) is 21.8 Å². The molecule has 0 radical (unpaired) electrons. The fourth-order valence-corrected chi connectivity index (χ4v) is 6.29. The number of hydrogen-bond donors (Lipinski definition) is 0. The minimum Gasteiger partial charge on any atom is -0.336 e. The van der Waals surface area contributed by atoms with E-state index in [0.29, 0.717) is 6.54 Å². The van der Waals surface area contributed by atoms with Gasteiger partial charge in [0.2, 0.25) is 0 Å². The Bertz CT molecular complexity index is 2140. The van der Waals surface area contributed by atoms with Crippen LogP contribution in [-0.4, -0.2) is 21.0 Å². The Hall–Kier alpha value is -6.39. The van der Waals surface area contributed by atoms with Gasteiger partial charge in [0.1, 0.15) is 0 Å². The van der Waals surface area contributed by atoms with E-state index < -0.39 is 0 Å². The molecule has 6 aromatic carbocycles. The van der Waals surface area contributed by atoms with Gasteiger partial charge in [0, 0.05) is 52.0 Å². The smallest absolute Gasteiger partial charge is 0.0781 e. The standard InChI is InChI=1S/C44H32N4/c1-5-13-33(14-6-1)43(34-15-7-2-8-16-34)46-37-21-23-39-40-24-22-38(30-42(40)48(41(39)29-37)31-32-25-27-45-28-26-32)47-44(35-17-9-3-10-18-35)36-19-11-4-12-20-36/h1-30H,31H2. The van der Waals surface area contributed by atoms with Crippen molar-refractivity contribution in [2.24, 2.45) is 9.98 Å². The van der Waals surface area contributed by atoms with Crippen molar-refractivity contribution in [2.45, 2.75) is 6.54 Å². The minimum absolute atomic E-state index is 0.692. The predicted molar refractivity (Wildman–Crippen MR) is 199 cm³/mol. The molecule has 2 aromatic heterocycles. The number of rotatable bonds is 8. The van der Waals surface area contributed by atoms with Crippen molar-refractivity contribution in [3.8, 4) is 0 Å². The van der Waals surface area contributed by atoms with Gasteiger partial charge in [-0.15, -0.1) is 0 Å². The average molecular weight is 617 g/mol. The van der Waals surface area contributed by atoms with Crippen LogP contribution in [-0.2, 0) is 6.54 Å². The molecule has 0 spiro atoms. The highest BCUT2D eigenvalue weighted by atomic mass is 15.0. The normalized spacial score (nSPS) is 11.0. The number of nitrogens with zero attached hydrogens (tertiary/aromatic N) is 4. The molecule has 0 saturated carbocycles. The molecule has 228 valence electrons. The summed E-state index contributed by atoms with van der Waals surface area (Å²) in [6.07, 6.45) is 3.71. The summed E-state index contributed by atoms with van der Waals surface area (Å²) < 4.78 is 2.38. The minimum atomic E-state index is 0.692. The quantitative estimate of drug-likeness (QED) is 0.157. The van der Waals surface area contributed by atoms with Gasteiger partial charge in [-0.2, -0.15) is 0 Å². The number of fused-ring (bicyclic) bond motifs is 3. The third-order valence-electron chi connectivity index (χ3n) is 8.60. The lowest BCUT2D eigenvalue weighted by Crippen LogP contribution is -2.03. The van der Waals surface area contributed by atoms with Crippen molar-refractivity contribution in [3.05, 3.63) is 210 Å². The Morgan fingerprint density at radius 1 is 0.438 bits per heavy atom. The molecule has 8 rings (SSSR count). The van der Waals surface area contributed by atoms with Gasteiger partial charge in [-0.05, 0) is 42.0 Å². The molecule has 0 aliphatic rings. The second-order valence-electron chi connectivity index (χ2n) is 11.7. The third kappa shape index (κ3) is 5.95. The van der Waals surface area contributed by atoms with Crippen LogP contribution in [0.15, 0.2) is 192 Å². The molecule has 0 unspecified atom stereocenters. The van der Waals surface area contributed by atoms with Gasteiger partial charge in [-0.25, -0.2) is 9.98 Å². The molecule has 4 heteroatoms. The van der Waals surface area contributed by atoms with Crippen LogP contribution in [0.5, 0.6) is 0 Å². The van der Waals surface area contributed by atoms with Crippen molar-refractivity contribution in [1.29, 1.82) is 0 Å². The molecule has 0 N–H and O–H groups in total. The van der Waals surface area contributed by atoms with E-state index in [2.05, 4.69) is 155 Å². The van der Waals surface area contributed by atoms with Crippen molar-refractivity contribution >= 4 is 44.6 Å². The summed E-state index contributed by atoms with van der Waals surface area (Å²) in [5, 5.41) is 2.36. The van der Waals surface area contributed by atoms with Gasteiger partial charge in [0.15, 0.2) is 0 Å². The van der Waals surface area contributed by atoms with Crippen LogP contribution in [0, 0.1) is 0 Å². The number of benzene rings is 6. The molecule has 0 fully saturated rings. The van der Waals surface area contributed by atoms with Gasteiger partial charge < -0.3 is 4.57 Å². The summed E-state index contributed by atoms with van der Waals surface area (Å²) in [5.41, 5.74) is 11.4. The zero-order chi connectivity index (χ0) is 32.1. The first-order valence-electron chi connectivity index (χ1n) is 16.1. The van der Waals surface area contributed by atoms with E-state index >= 15 is 0 Å². The Labute approximate surface area is 280 Å². The second kappa shape index (κ2) is 13.1. The molecule has 0 aliphatic heterocycles. The van der Waals surface area contributed by atoms with Crippen molar-refractivity contribution in [1.82, 2.24) is 9.55 Å². The van der Waals surface area contributed by atoms with E-state index in [-0.39, 0.29) is 0 Å². The highest BCUT2D eigenvalue weighted by Gasteiger charge is 2.15. The molecule has 0 atom stereocenters. The first-order valence-corrected chi connectivity index (χ1v) is 16.1. The highest BCUT2D eigenvalue weighted by Crippen LogP contribution is 2.35. The molecule has 2 heterocycles.